The van der Waals surface area contributed by atoms with E-state index in [0.717, 1.165) is 0 Å². The molecule has 1 atom stereocenters. The molecule has 0 radical (unpaired) electrons. The second-order valence-electron chi connectivity index (χ2n) is 8.01. The predicted octanol–water partition coefficient (Wildman–Crippen LogP) is 5.14. The van der Waals surface area contributed by atoms with E-state index in [-0.39, 0.29) is 11.3 Å². The van der Waals surface area contributed by atoms with Crippen LogP contribution in [-0.4, -0.2) is 36.6 Å². The Hall–Kier alpha value is -3.97. The van der Waals surface area contributed by atoms with Gasteiger partial charge in [0, 0.05) is 16.3 Å². The van der Waals surface area contributed by atoms with E-state index in [4.69, 9.17) is 25.8 Å². The minimum atomic E-state index is -0.901. The molecule has 1 unspecified atom stereocenters. The van der Waals surface area contributed by atoms with Crippen molar-refractivity contribution < 1.29 is 28.9 Å². The van der Waals surface area contributed by atoms with E-state index in [1.165, 1.54) is 4.90 Å². The summed E-state index contributed by atoms with van der Waals surface area (Å²) in [5.74, 6) is -0.285. The highest BCUT2D eigenvalue weighted by molar-refractivity contribution is 6.51. The van der Waals surface area contributed by atoms with Crippen molar-refractivity contribution in [3.05, 3.63) is 88.5 Å². The molecule has 178 valence electrons. The fourth-order valence-corrected chi connectivity index (χ4v) is 4.51. The lowest BCUT2D eigenvalue weighted by Crippen LogP contribution is -2.29. The van der Waals surface area contributed by atoms with Crippen LogP contribution < -0.4 is 19.1 Å². The van der Waals surface area contributed by atoms with Crippen molar-refractivity contribution in [2.24, 2.45) is 0 Å². The normalized spacial score (nSPS) is 18.6. The summed E-state index contributed by atoms with van der Waals surface area (Å²) in [6, 6.07) is 17.8. The fourth-order valence-electron chi connectivity index (χ4n) is 4.33. The lowest BCUT2D eigenvalue weighted by molar-refractivity contribution is -0.132. The highest BCUT2D eigenvalue weighted by atomic mass is 35.5. The summed E-state index contributed by atoms with van der Waals surface area (Å²) in [6.45, 7) is 3.13. The van der Waals surface area contributed by atoms with Crippen LogP contribution in [0.1, 0.15) is 24.1 Å². The molecule has 1 fully saturated rings. The highest BCUT2D eigenvalue weighted by Crippen LogP contribution is 2.44. The monoisotopic (exact) mass is 491 g/mol. The molecule has 1 amide bonds. The number of nitrogens with zero attached hydrogens (tertiary/aromatic N) is 1. The molecule has 3 aromatic rings. The molecule has 0 aliphatic carbocycles. The van der Waals surface area contributed by atoms with Gasteiger partial charge < -0.3 is 19.3 Å². The summed E-state index contributed by atoms with van der Waals surface area (Å²) in [6.07, 6.45) is 0. The van der Waals surface area contributed by atoms with Crippen LogP contribution in [0.2, 0.25) is 5.02 Å². The van der Waals surface area contributed by atoms with Gasteiger partial charge in [-0.25, -0.2) is 0 Å². The Bertz CT molecular complexity index is 1350. The first kappa shape index (κ1) is 22.8. The number of amides is 1. The van der Waals surface area contributed by atoms with Gasteiger partial charge in [0.15, 0.2) is 11.5 Å². The largest absolute Gasteiger partial charge is 0.507 e. The minimum Gasteiger partial charge on any atom is -0.507 e. The minimum absolute atomic E-state index is 0.0414. The fraction of sp³-hybridized carbons (Fsp3) is 0.185. The summed E-state index contributed by atoms with van der Waals surface area (Å²) >= 11 is 6.20. The molecule has 8 heteroatoms. The molecule has 2 heterocycles. The number of aliphatic hydroxyl groups is 1. The number of anilines is 1. The Balaban J connectivity index is 1.69. The first-order valence-electron chi connectivity index (χ1n) is 11.2. The lowest BCUT2D eigenvalue weighted by Gasteiger charge is -2.26. The van der Waals surface area contributed by atoms with Crippen LogP contribution in [0, 0.1) is 0 Å². The number of Topliss-reactive ketones (excluding diaryl/α,β-unsaturated/α-hetero) is 1. The molecular weight excluding hydrogens is 470 g/mol. The lowest BCUT2D eigenvalue weighted by atomic mass is 9.94. The second-order valence-corrected chi connectivity index (χ2v) is 8.45. The van der Waals surface area contributed by atoms with Crippen molar-refractivity contribution in [2.45, 2.75) is 13.0 Å². The number of fused-ring (bicyclic) bond motifs is 1. The van der Waals surface area contributed by atoms with E-state index < -0.39 is 17.7 Å². The van der Waals surface area contributed by atoms with Gasteiger partial charge in [0.05, 0.1) is 18.2 Å². The van der Waals surface area contributed by atoms with Crippen molar-refractivity contribution in [1.82, 2.24) is 0 Å². The van der Waals surface area contributed by atoms with Gasteiger partial charge in [0.1, 0.15) is 24.7 Å². The molecule has 35 heavy (non-hydrogen) atoms. The third-order valence-corrected chi connectivity index (χ3v) is 6.07. The van der Waals surface area contributed by atoms with Crippen LogP contribution in [0.25, 0.3) is 5.76 Å². The summed E-state index contributed by atoms with van der Waals surface area (Å²) in [5, 5.41) is 11.8. The van der Waals surface area contributed by atoms with E-state index in [9.17, 15) is 14.7 Å². The van der Waals surface area contributed by atoms with Gasteiger partial charge in [0.2, 0.25) is 0 Å². The molecule has 7 nitrogen and oxygen atoms in total. The van der Waals surface area contributed by atoms with Crippen LogP contribution in [0.5, 0.6) is 17.2 Å². The van der Waals surface area contributed by atoms with E-state index >= 15 is 0 Å². The third kappa shape index (κ3) is 4.19. The molecule has 0 spiro atoms. The average Bonchev–Trinajstić information content (AvgIpc) is 3.14. The summed E-state index contributed by atoms with van der Waals surface area (Å²) in [7, 11) is 0. The van der Waals surface area contributed by atoms with Crippen LogP contribution in [-0.2, 0) is 9.59 Å². The first-order valence-corrected chi connectivity index (χ1v) is 11.5. The predicted molar refractivity (Wildman–Crippen MR) is 131 cm³/mol. The van der Waals surface area contributed by atoms with Gasteiger partial charge in [-0.2, -0.15) is 0 Å². The Morgan fingerprint density at radius 1 is 1.03 bits per heavy atom. The number of ketones is 1. The number of rotatable bonds is 5. The van der Waals surface area contributed by atoms with Crippen LogP contribution in [0.3, 0.4) is 0 Å². The Labute approximate surface area is 207 Å². The molecule has 2 aliphatic rings. The molecule has 1 saturated heterocycles. The van der Waals surface area contributed by atoms with Crippen LogP contribution >= 0.6 is 11.6 Å². The maximum atomic E-state index is 13.3. The Morgan fingerprint density at radius 3 is 2.57 bits per heavy atom. The summed E-state index contributed by atoms with van der Waals surface area (Å²) in [4.78, 5) is 28.0. The zero-order valence-electron chi connectivity index (χ0n) is 18.9. The van der Waals surface area contributed by atoms with Crippen molar-refractivity contribution in [3.8, 4) is 17.2 Å². The number of benzene rings is 3. The Kier molecular flexibility index (Phi) is 6.09. The Morgan fingerprint density at radius 2 is 1.80 bits per heavy atom. The van der Waals surface area contributed by atoms with Crippen molar-refractivity contribution in [2.75, 3.05) is 24.7 Å². The number of ether oxygens (including phenoxy) is 3. The van der Waals surface area contributed by atoms with Gasteiger partial charge in [-0.1, -0.05) is 29.8 Å². The average molecular weight is 492 g/mol. The standard InChI is InChI=1S/C27H22ClNO6/c1-2-33-20-8-3-5-16(13-20)24-23(25(30)17-9-10-21-22(14-17)35-12-11-34-21)26(31)27(32)29(24)19-7-4-6-18(28)15-19/h3-10,13-15,24,30H,2,11-12H2,1H3/b25-23-. The number of aliphatic hydroxyl groups excluding tert-OH is 1. The van der Waals surface area contributed by atoms with E-state index in [2.05, 4.69) is 0 Å². The highest BCUT2D eigenvalue weighted by Gasteiger charge is 2.47. The van der Waals surface area contributed by atoms with Gasteiger partial charge in [-0.15, -0.1) is 0 Å². The van der Waals surface area contributed by atoms with E-state index in [0.29, 0.717) is 58.9 Å². The van der Waals surface area contributed by atoms with E-state index in [1.807, 2.05) is 6.92 Å². The number of carbonyl (C=O) groups is 2. The van der Waals surface area contributed by atoms with Crippen molar-refractivity contribution >= 4 is 34.7 Å². The van der Waals surface area contributed by atoms with Gasteiger partial charge in [0.25, 0.3) is 11.7 Å². The second kappa shape index (κ2) is 9.35. The maximum absolute atomic E-state index is 13.3. The molecule has 5 rings (SSSR count). The number of carbonyl (C=O) groups excluding carboxylic acids is 2. The van der Waals surface area contributed by atoms with Crippen molar-refractivity contribution in [3.63, 3.8) is 0 Å². The van der Waals surface area contributed by atoms with E-state index in [1.54, 1.807) is 66.7 Å². The van der Waals surface area contributed by atoms with Gasteiger partial charge in [-0.05, 0) is 61.0 Å². The third-order valence-electron chi connectivity index (χ3n) is 5.83. The van der Waals surface area contributed by atoms with Crippen LogP contribution in [0.15, 0.2) is 72.3 Å². The molecule has 0 aromatic heterocycles. The SMILES string of the molecule is CCOc1cccc(C2/C(=C(/O)c3ccc4c(c3)OCCO4)C(=O)C(=O)N2c2cccc(Cl)c2)c1. The van der Waals surface area contributed by atoms with Gasteiger partial charge >= 0.3 is 0 Å². The summed E-state index contributed by atoms with van der Waals surface area (Å²) < 4.78 is 16.8. The maximum Gasteiger partial charge on any atom is 0.300 e. The summed E-state index contributed by atoms with van der Waals surface area (Å²) in [5.41, 5.74) is 1.34. The molecule has 2 aliphatic heterocycles. The molecular formula is C27H22ClNO6. The van der Waals surface area contributed by atoms with Gasteiger partial charge in [-0.3, -0.25) is 14.5 Å². The molecule has 0 saturated carbocycles. The zero-order valence-corrected chi connectivity index (χ0v) is 19.6. The molecule has 1 N–H and O–H groups in total. The first-order chi connectivity index (χ1) is 17.0. The zero-order chi connectivity index (χ0) is 24.5. The quantitative estimate of drug-likeness (QED) is 0.302. The number of hydrogen-bond acceptors (Lipinski definition) is 6. The van der Waals surface area contributed by atoms with Crippen LogP contribution in [0.4, 0.5) is 5.69 Å². The topological polar surface area (TPSA) is 85.3 Å². The number of hydrogen-bond donors (Lipinski definition) is 1. The number of halogens is 1. The molecule has 0 bridgehead atoms. The van der Waals surface area contributed by atoms with Crippen molar-refractivity contribution in [1.29, 1.82) is 0 Å². The molecule has 3 aromatic carbocycles. The smallest absolute Gasteiger partial charge is 0.300 e.